The van der Waals surface area contributed by atoms with Crippen LogP contribution in [0.1, 0.15) is 19.3 Å². The molecule has 1 aromatic rings. The number of nitrogens with one attached hydrogen (secondary N) is 4. The molecule has 1 saturated heterocycles. The third-order valence-corrected chi connectivity index (χ3v) is 3.65. The van der Waals surface area contributed by atoms with Gasteiger partial charge in [0.2, 0.25) is 0 Å². The average molecular weight is 400 g/mol. The predicted molar refractivity (Wildman–Crippen MR) is 93.0 cm³/mol. The van der Waals surface area contributed by atoms with Gasteiger partial charge in [0.05, 0.1) is 5.02 Å². The summed E-state index contributed by atoms with van der Waals surface area (Å²) in [5.74, 6) is -0.716. The van der Waals surface area contributed by atoms with E-state index in [9.17, 15) is 13.2 Å². The largest absolute Gasteiger partial charge is 0.573 e. The molecule has 0 amide bonds. The summed E-state index contributed by atoms with van der Waals surface area (Å²) in [7, 11) is 0. The van der Waals surface area contributed by atoms with Crippen LogP contribution in [0.15, 0.2) is 18.2 Å². The monoisotopic (exact) mass is 399 g/mol. The first-order chi connectivity index (χ1) is 11.2. The number of guanidine groups is 2. The maximum Gasteiger partial charge on any atom is 0.573 e. The summed E-state index contributed by atoms with van der Waals surface area (Å²) in [6, 6.07) is 3.68. The highest BCUT2D eigenvalue weighted by molar-refractivity contribution is 6.32. The Morgan fingerprint density at radius 1 is 1.16 bits per heavy atom. The lowest BCUT2D eigenvalue weighted by molar-refractivity contribution is -0.274. The molecule has 0 aliphatic carbocycles. The third-order valence-electron chi connectivity index (χ3n) is 3.34. The number of rotatable bonds is 2. The van der Waals surface area contributed by atoms with Crippen LogP contribution < -0.4 is 15.4 Å². The SMILES string of the molecule is Cl.N=C(NC(=N)N1CCCCC1)Nc1ccc(Cl)c(OC(F)(F)F)c1. The van der Waals surface area contributed by atoms with Crippen molar-refractivity contribution >= 4 is 41.6 Å². The Bertz CT molecular complexity index is 621. The normalized spacial score (nSPS) is 14.3. The standard InChI is InChI=1S/C14H17ClF3N5O.ClH/c15-10-5-4-9(8-11(10)24-14(16,17)18)21-12(19)22-13(20)23-6-2-1-3-7-23;/h4-5,8H,1-3,6-7H2,(H4,19,20,21,22);1H. The Kier molecular flexibility index (Phi) is 7.62. The molecule has 4 N–H and O–H groups in total. The number of hydrogen-bond donors (Lipinski definition) is 4. The highest BCUT2D eigenvalue weighted by atomic mass is 35.5. The number of nitrogens with zero attached hydrogens (tertiary/aromatic N) is 1. The van der Waals surface area contributed by atoms with E-state index < -0.39 is 12.1 Å². The van der Waals surface area contributed by atoms with Crippen molar-refractivity contribution in [2.75, 3.05) is 18.4 Å². The van der Waals surface area contributed by atoms with E-state index in [2.05, 4.69) is 15.4 Å². The number of ether oxygens (including phenoxy) is 1. The summed E-state index contributed by atoms with van der Waals surface area (Å²) in [5.41, 5.74) is 0.183. The van der Waals surface area contributed by atoms with Gasteiger partial charge in [0.25, 0.3) is 0 Å². The van der Waals surface area contributed by atoms with Crippen LogP contribution in [-0.2, 0) is 0 Å². The Balaban J connectivity index is 0.00000312. The summed E-state index contributed by atoms with van der Waals surface area (Å²) in [5, 5.41) is 20.6. The van der Waals surface area contributed by atoms with Gasteiger partial charge < -0.3 is 15.0 Å². The molecule has 11 heteroatoms. The zero-order chi connectivity index (χ0) is 17.7. The molecule has 1 aliphatic rings. The van der Waals surface area contributed by atoms with Crippen molar-refractivity contribution in [3.05, 3.63) is 23.2 Å². The highest BCUT2D eigenvalue weighted by Crippen LogP contribution is 2.32. The van der Waals surface area contributed by atoms with E-state index in [1.807, 2.05) is 0 Å². The quantitative estimate of drug-likeness (QED) is 0.447. The smallest absolute Gasteiger partial charge is 0.404 e. The number of anilines is 1. The molecule has 1 fully saturated rings. The molecule has 1 aliphatic heterocycles. The molecule has 0 radical (unpaired) electrons. The number of alkyl halides is 3. The van der Waals surface area contributed by atoms with Crippen molar-refractivity contribution in [1.29, 1.82) is 10.8 Å². The minimum atomic E-state index is -4.86. The van der Waals surface area contributed by atoms with Crippen LogP contribution in [0.25, 0.3) is 0 Å². The molecular formula is C14H18Cl2F3N5O. The zero-order valence-electron chi connectivity index (χ0n) is 13.0. The predicted octanol–water partition coefficient (Wildman–Crippen LogP) is 4.02. The van der Waals surface area contributed by atoms with Crippen LogP contribution in [0.2, 0.25) is 5.02 Å². The molecule has 0 bridgehead atoms. The van der Waals surface area contributed by atoms with Crippen molar-refractivity contribution in [1.82, 2.24) is 10.2 Å². The molecule has 0 spiro atoms. The number of likely N-dealkylation sites (tertiary alicyclic amines) is 1. The second-order valence-electron chi connectivity index (χ2n) is 5.21. The van der Waals surface area contributed by atoms with Gasteiger partial charge >= 0.3 is 6.36 Å². The minimum absolute atomic E-state index is 0. The maximum atomic E-state index is 12.3. The molecule has 0 unspecified atom stereocenters. The van der Waals surface area contributed by atoms with Crippen LogP contribution >= 0.6 is 24.0 Å². The Labute approximate surface area is 154 Å². The average Bonchev–Trinajstić information content (AvgIpc) is 2.50. The van der Waals surface area contributed by atoms with E-state index in [1.165, 1.54) is 12.1 Å². The van der Waals surface area contributed by atoms with Crippen LogP contribution in [0.5, 0.6) is 5.75 Å². The van der Waals surface area contributed by atoms with Gasteiger partial charge in [-0.3, -0.25) is 16.1 Å². The van der Waals surface area contributed by atoms with Gasteiger partial charge in [0.15, 0.2) is 11.9 Å². The van der Waals surface area contributed by atoms with E-state index in [0.29, 0.717) is 0 Å². The summed E-state index contributed by atoms with van der Waals surface area (Å²) in [4.78, 5) is 1.81. The first kappa shape index (κ1) is 21.2. The number of hydrogen-bond acceptors (Lipinski definition) is 3. The third kappa shape index (κ3) is 6.87. The number of piperidine rings is 1. The van der Waals surface area contributed by atoms with Gasteiger partial charge in [-0.1, -0.05) is 11.6 Å². The lowest BCUT2D eigenvalue weighted by atomic mass is 10.1. The van der Waals surface area contributed by atoms with Crippen molar-refractivity contribution in [3.8, 4) is 5.75 Å². The molecule has 1 heterocycles. The minimum Gasteiger partial charge on any atom is -0.404 e. The van der Waals surface area contributed by atoms with Gasteiger partial charge in [0.1, 0.15) is 5.75 Å². The fourth-order valence-electron chi connectivity index (χ4n) is 2.27. The molecule has 0 aromatic heterocycles. The molecule has 25 heavy (non-hydrogen) atoms. The van der Waals surface area contributed by atoms with E-state index in [4.69, 9.17) is 22.4 Å². The van der Waals surface area contributed by atoms with Crippen molar-refractivity contribution in [2.45, 2.75) is 25.6 Å². The zero-order valence-corrected chi connectivity index (χ0v) is 14.6. The first-order valence-corrected chi connectivity index (χ1v) is 7.64. The molecule has 1 aromatic carbocycles. The van der Waals surface area contributed by atoms with Crippen LogP contribution in [0.3, 0.4) is 0 Å². The lowest BCUT2D eigenvalue weighted by Crippen LogP contribution is -2.47. The van der Waals surface area contributed by atoms with E-state index >= 15 is 0 Å². The summed E-state index contributed by atoms with van der Waals surface area (Å²) in [6.07, 6.45) is -1.77. The van der Waals surface area contributed by atoms with Gasteiger partial charge in [-0.15, -0.1) is 25.6 Å². The highest BCUT2D eigenvalue weighted by Gasteiger charge is 2.32. The van der Waals surface area contributed by atoms with Gasteiger partial charge in [0, 0.05) is 24.8 Å². The van der Waals surface area contributed by atoms with Crippen LogP contribution in [0, 0.1) is 10.8 Å². The van der Waals surface area contributed by atoms with Gasteiger partial charge in [-0.2, -0.15) is 0 Å². The molecule has 0 atom stereocenters. The second kappa shape index (κ2) is 9.00. The van der Waals surface area contributed by atoms with E-state index in [0.717, 1.165) is 38.4 Å². The Hall–Kier alpha value is -1.87. The fraction of sp³-hybridized carbons (Fsp3) is 0.429. The van der Waals surface area contributed by atoms with Crippen molar-refractivity contribution in [2.24, 2.45) is 0 Å². The molecular weight excluding hydrogens is 382 g/mol. The summed E-state index contributed by atoms with van der Waals surface area (Å²) in [6.45, 7) is 1.48. The van der Waals surface area contributed by atoms with Crippen molar-refractivity contribution < 1.29 is 17.9 Å². The van der Waals surface area contributed by atoms with Crippen LogP contribution in [0.4, 0.5) is 18.9 Å². The van der Waals surface area contributed by atoms with E-state index in [1.54, 1.807) is 4.90 Å². The summed E-state index contributed by atoms with van der Waals surface area (Å²) < 4.78 is 40.7. The summed E-state index contributed by atoms with van der Waals surface area (Å²) >= 11 is 5.66. The van der Waals surface area contributed by atoms with E-state index in [-0.39, 0.29) is 35.0 Å². The molecule has 0 saturated carbocycles. The molecule has 6 nitrogen and oxygen atoms in total. The number of benzene rings is 1. The van der Waals surface area contributed by atoms with Gasteiger partial charge in [-0.05, 0) is 31.4 Å². The Morgan fingerprint density at radius 3 is 2.40 bits per heavy atom. The number of halogens is 5. The fourth-order valence-corrected chi connectivity index (χ4v) is 2.43. The lowest BCUT2D eigenvalue weighted by Gasteiger charge is -2.29. The molecule has 2 rings (SSSR count). The van der Waals surface area contributed by atoms with Crippen molar-refractivity contribution in [3.63, 3.8) is 0 Å². The molecule has 140 valence electrons. The second-order valence-corrected chi connectivity index (χ2v) is 5.62. The van der Waals surface area contributed by atoms with Crippen LogP contribution in [-0.4, -0.2) is 36.3 Å². The van der Waals surface area contributed by atoms with Gasteiger partial charge in [-0.25, -0.2) is 0 Å². The maximum absolute atomic E-state index is 12.3. The topological polar surface area (TPSA) is 84.2 Å². The Morgan fingerprint density at radius 2 is 1.80 bits per heavy atom. The first-order valence-electron chi connectivity index (χ1n) is 7.26.